The van der Waals surface area contributed by atoms with E-state index < -0.39 is 27.0 Å². The molecule has 262 valence electrons. The van der Waals surface area contributed by atoms with Crippen LogP contribution in [0.3, 0.4) is 0 Å². The number of hydrogen-bond donors (Lipinski definition) is 1. The highest BCUT2D eigenvalue weighted by Gasteiger charge is 2.23. The molecule has 0 spiro atoms. The summed E-state index contributed by atoms with van der Waals surface area (Å²) in [5.41, 5.74) is -0.282. The number of hydrogen-bond acceptors (Lipinski definition) is 6. The summed E-state index contributed by atoms with van der Waals surface area (Å²) in [6.45, 7) is 4.70. The number of carbonyl (C=O) groups excluding carboxylic acids is 2. The minimum atomic E-state index is -4.56. The number of ether oxygens (including phenoxy) is 2. The third-order valence-electron chi connectivity index (χ3n) is 8.03. The fourth-order valence-corrected chi connectivity index (χ4v) is 5.80. The first-order valence-corrected chi connectivity index (χ1v) is 19.5. The van der Waals surface area contributed by atoms with Crippen molar-refractivity contribution in [3.05, 3.63) is 53.6 Å². The van der Waals surface area contributed by atoms with E-state index in [-0.39, 0.29) is 24.3 Å². The molecule has 7 nitrogen and oxygen atoms in total. The van der Waals surface area contributed by atoms with Crippen molar-refractivity contribution in [1.82, 2.24) is 0 Å². The van der Waals surface area contributed by atoms with Crippen molar-refractivity contribution in [2.24, 2.45) is 0 Å². The lowest BCUT2D eigenvalue weighted by Gasteiger charge is -2.11. The lowest BCUT2D eigenvalue weighted by atomic mass is 10.1. The summed E-state index contributed by atoms with van der Waals surface area (Å²) in [4.78, 5) is 25.2. The van der Waals surface area contributed by atoms with Gasteiger partial charge < -0.3 is 9.47 Å². The topological polar surface area (TPSA) is 107 Å². The maximum absolute atomic E-state index is 12.9. The van der Waals surface area contributed by atoms with Gasteiger partial charge in [0, 0.05) is 0 Å². The van der Waals surface area contributed by atoms with E-state index in [1.165, 1.54) is 83.1 Å². The predicted octanol–water partition coefficient (Wildman–Crippen LogP) is 11.0. The Hall–Kier alpha value is -2.45. The molecule has 0 aliphatic heterocycles. The molecule has 1 aromatic carbocycles. The van der Waals surface area contributed by atoms with Crippen LogP contribution in [0, 0.1) is 0 Å². The maximum atomic E-state index is 12.9. The van der Waals surface area contributed by atoms with Gasteiger partial charge in [-0.3, -0.25) is 4.55 Å². The molecule has 0 radical (unpaired) electrons. The summed E-state index contributed by atoms with van der Waals surface area (Å²) in [7, 11) is -4.56. The van der Waals surface area contributed by atoms with Gasteiger partial charge in [0.15, 0.2) is 0 Å². The zero-order valence-electron chi connectivity index (χ0n) is 28.8. The highest BCUT2D eigenvalue weighted by molar-refractivity contribution is 7.85. The van der Waals surface area contributed by atoms with Gasteiger partial charge in [-0.2, -0.15) is 8.42 Å². The quantitative estimate of drug-likeness (QED) is 0.0393. The minimum Gasteiger partial charge on any atom is -0.462 e. The Labute approximate surface area is 280 Å². The van der Waals surface area contributed by atoms with Crippen LogP contribution in [0.4, 0.5) is 0 Å². The van der Waals surface area contributed by atoms with E-state index >= 15 is 0 Å². The molecule has 0 bridgehead atoms. The molecule has 1 aromatic rings. The Bertz CT molecular complexity index is 1110. The maximum Gasteiger partial charge on any atom is 0.339 e. The third-order valence-corrected chi connectivity index (χ3v) is 8.88. The van der Waals surface area contributed by atoms with Crippen molar-refractivity contribution in [1.29, 1.82) is 0 Å². The van der Waals surface area contributed by atoms with Gasteiger partial charge in [0.2, 0.25) is 0 Å². The zero-order chi connectivity index (χ0) is 33.7. The Morgan fingerprint density at radius 1 is 0.565 bits per heavy atom. The van der Waals surface area contributed by atoms with Crippen LogP contribution in [0.2, 0.25) is 0 Å². The predicted molar refractivity (Wildman–Crippen MR) is 188 cm³/mol. The van der Waals surface area contributed by atoms with Crippen LogP contribution in [0.1, 0.15) is 176 Å². The number of carbonyl (C=O) groups is 2. The second kappa shape index (κ2) is 27.6. The summed E-state index contributed by atoms with van der Waals surface area (Å²) < 4.78 is 43.6. The van der Waals surface area contributed by atoms with E-state index in [4.69, 9.17) is 9.47 Å². The van der Waals surface area contributed by atoms with Gasteiger partial charge in [0.25, 0.3) is 10.1 Å². The van der Waals surface area contributed by atoms with Crippen molar-refractivity contribution >= 4 is 22.1 Å². The molecule has 8 heteroatoms. The highest BCUT2D eigenvalue weighted by Crippen LogP contribution is 2.20. The van der Waals surface area contributed by atoms with Crippen LogP contribution < -0.4 is 0 Å². The lowest BCUT2D eigenvalue weighted by Crippen LogP contribution is -2.16. The Balaban J connectivity index is 2.33. The van der Waals surface area contributed by atoms with Crippen molar-refractivity contribution in [2.75, 3.05) is 13.2 Å². The number of benzene rings is 1. The van der Waals surface area contributed by atoms with Crippen molar-refractivity contribution in [2.45, 2.75) is 160 Å². The molecule has 0 saturated heterocycles. The summed E-state index contributed by atoms with van der Waals surface area (Å²) in [5, 5.41) is 0. The lowest BCUT2D eigenvalue weighted by molar-refractivity contribution is 0.0450. The monoisotopic (exact) mass is 662 g/mol. The van der Waals surface area contributed by atoms with Gasteiger partial charge in [-0.1, -0.05) is 128 Å². The molecule has 1 rings (SSSR count). The highest BCUT2D eigenvalue weighted by atomic mass is 32.2. The van der Waals surface area contributed by atoms with Crippen molar-refractivity contribution < 1.29 is 32.0 Å². The van der Waals surface area contributed by atoms with Crippen LogP contribution in [-0.2, 0) is 19.6 Å². The first-order chi connectivity index (χ1) is 22.3. The normalized spacial score (nSPS) is 11.9. The second-order valence-corrected chi connectivity index (χ2v) is 13.6. The Morgan fingerprint density at radius 3 is 1.33 bits per heavy atom. The number of esters is 2. The molecule has 46 heavy (non-hydrogen) atoms. The van der Waals surface area contributed by atoms with E-state index in [9.17, 15) is 22.6 Å². The van der Waals surface area contributed by atoms with Gasteiger partial charge >= 0.3 is 11.9 Å². The smallest absolute Gasteiger partial charge is 0.339 e. The fraction of sp³-hybridized carbons (Fsp3) is 0.684. The van der Waals surface area contributed by atoms with Gasteiger partial charge in [-0.05, 0) is 69.6 Å². The van der Waals surface area contributed by atoms with Crippen LogP contribution in [0.5, 0.6) is 0 Å². The van der Waals surface area contributed by atoms with E-state index in [0.29, 0.717) is 6.42 Å². The first kappa shape index (κ1) is 41.6. The van der Waals surface area contributed by atoms with Crippen LogP contribution in [-0.4, -0.2) is 38.1 Å². The number of unbranched alkanes of at least 4 members (excludes halogenated alkanes) is 18. The first-order valence-electron chi connectivity index (χ1n) is 18.1. The third kappa shape index (κ3) is 21.4. The standard InChI is InChI=1S/C38H62O7S/c1-3-5-7-9-11-13-15-17-19-21-23-25-27-31-44-37(39)35-30-29-34(46(41,42)43)33-36(35)38(40)45-32-28-26-24-22-20-18-16-14-12-10-8-6-4-2/h5-8,29-30,33H,3-4,9-28,31-32H2,1-2H3,(H,41,42,43)/b7-5+,8-6+. The van der Waals surface area contributed by atoms with Gasteiger partial charge in [0.05, 0.1) is 29.2 Å². The molecule has 0 atom stereocenters. The summed E-state index contributed by atoms with van der Waals surface area (Å²) in [5.74, 6) is -1.51. The van der Waals surface area contributed by atoms with Crippen LogP contribution in [0.25, 0.3) is 0 Å². The molecule has 0 aliphatic rings. The molecule has 0 aliphatic carbocycles. The number of allylic oxidation sites excluding steroid dienone is 4. The molecular weight excluding hydrogens is 600 g/mol. The molecule has 0 amide bonds. The van der Waals surface area contributed by atoms with Gasteiger partial charge in [-0.15, -0.1) is 0 Å². The molecule has 0 unspecified atom stereocenters. The van der Waals surface area contributed by atoms with Gasteiger partial charge in [-0.25, -0.2) is 9.59 Å². The SMILES string of the molecule is CC/C=C/CCCCCCCCCCCOC(=O)c1ccc(S(=O)(=O)O)cc1C(=O)OCCCCCCCCCCC/C=C/CC. The van der Waals surface area contributed by atoms with Crippen LogP contribution >= 0.6 is 0 Å². The van der Waals surface area contributed by atoms with Crippen molar-refractivity contribution in [3.63, 3.8) is 0 Å². The zero-order valence-corrected chi connectivity index (χ0v) is 29.6. The minimum absolute atomic E-state index is 0.0658. The Morgan fingerprint density at radius 2 is 0.935 bits per heavy atom. The van der Waals surface area contributed by atoms with E-state index in [2.05, 4.69) is 38.2 Å². The van der Waals surface area contributed by atoms with E-state index in [1.54, 1.807) is 0 Å². The molecular formula is C38H62O7S. The number of rotatable bonds is 29. The van der Waals surface area contributed by atoms with Crippen LogP contribution in [0.15, 0.2) is 47.4 Å². The largest absolute Gasteiger partial charge is 0.462 e. The Kier molecular flexibility index (Phi) is 25.0. The molecule has 0 saturated carbocycles. The fourth-order valence-electron chi connectivity index (χ4n) is 5.29. The van der Waals surface area contributed by atoms with E-state index in [0.717, 1.165) is 69.9 Å². The molecule has 0 fully saturated rings. The average Bonchev–Trinajstić information content (AvgIpc) is 3.04. The van der Waals surface area contributed by atoms with Gasteiger partial charge in [0.1, 0.15) is 0 Å². The molecule has 0 heterocycles. The van der Waals surface area contributed by atoms with E-state index in [1.807, 2.05) is 0 Å². The molecule has 0 aromatic heterocycles. The second-order valence-electron chi connectivity index (χ2n) is 12.2. The van der Waals surface area contributed by atoms with Crippen molar-refractivity contribution in [3.8, 4) is 0 Å². The summed E-state index contributed by atoms with van der Waals surface area (Å²) >= 11 is 0. The average molecular weight is 663 g/mol. The summed E-state index contributed by atoms with van der Waals surface area (Å²) in [6, 6.07) is 3.27. The summed E-state index contributed by atoms with van der Waals surface area (Å²) in [6.07, 6.45) is 33.8. The molecule has 1 N–H and O–H groups in total.